The second kappa shape index (κ2) is 7.49. The Labute approximate surface area is 120 Å². The molecule has 0 spiro atoms. The molecule has 2 rings (SSSR count). The van der Waals surface area contributed by atoms with Crippen molar-refractivity contribution in [1.82, 2.24) is 0 Å². The van der Waals surface area contributed by atoms with Crippen molar-refractivity contribution in [2.24, 2.45) is 5.73 Å². The van der Waals surface area contributed by atoms with Crippen molar-refractivity contribution in [2.45, 2.75) is 19.6 Å². The van der Waals surface area contributed by atoms with Crippen LogP contribution < -0.4 is 5.73 Å². The molecule has 2 aromatic carbocycles. The van der Waals surface area contributed by atoms with Gasteiger partial charge in [0.05, 0.1) is 19.3 Å². The monoisotopic (exact) mass is 265 g/mol. The van der Waals surface area contributed by atoms with Crippen molar-refractivity contribution in [2.75, 3.05) is 6.54 Å². The molecule has 2 aromatic rings. The average Bonchev–Trinajstić information content (AvgIpc) is 2.52. The van der Waals surface area contributed by atoms with Crippen LogP contribution in [0, 0.1) is 11.8 Å². The molecule has 2 nitrogen and oxygen atoms in total. The smallest absolute Gasteiger partial charge is 0.0801 e. The van der Waals surface area contributed by atoms with Gasteiger partial charge in [0.15, 0.2) is 0 Å². The zero-order chi connectivity index (χ0) is 14.2. The highest BCUT2D eigenvalue weighted by Crippen LogP contribution is 2.19. The van der Waals surface area contributed by atoms with Crippen molar-refractivity contribution in [3.05, 3.63) is 71.3 Å². The standard InChI is InChI=1S/C18H19NO/c1-15(16-8-3-2-4-9-16)20-14-18-11-6-5-10-17(18)12-7-13-19/h2-6,8-11,15H,13-14,19H2,1H3. The first-order chi connectivity index (χ1) is 9.81. The first-order valence-electron chi connectivity index (χ1n) is 6.74. The van der Waals surface area contributed by atoms with Crippen LogP contribution in [-0.4, -0.2) is 6.54 Å². The molecule has 0 saturated heterocycles. The third kappa shape index (κ3) is 3.96. The highest BCUT2D eigenvalue weighted by Gasteiger charge is 2.06. The van der Waals surface area contributed by atoms with E-state index in [1.54, 1.807) is 0 Å². The van der Waals surface area contributed by atoms with E-state index in [2.05, 4.69) is 30.9 Å². The van der Waals surface area contributed by atoms with E-state index in [4.69, 9.17) is 10.5 Å². The number of hydrogen-bond acceptors (Lipinski definition) is 2. The molecule has 0 heterocycles. The van der Waals surface area contributed by atoms with Gasteiger partial charge in [-0.2, -0.15) is 0 Å². The van der Waals surface area contributed by atoms with Crippen LogP contribution in [0.1, 0.15) is 29.7 Å². The van der Waals surface area contributed by atoms with Crippen LogP contribution in [-0.2, 0) is 11.3 Å². The van der Waals surface area contributed by atoms with E-state index in [9.17, 15) is 0 Å². The minimum atomic E-state index is 0.0618. The largest absolute Gasteiger partial charge is 0.369 e. The van der Waals surface area contributed by atoms with Gasteiger partial charge in [0.1, 0.15) is 0 Å². The molecular formula is C18H19NO. The molecule has 0 aliphatic carbocycles. The van der Waals surface area contributed by atoms with E-state index in [0.29, 0.717) is 13.2 Å². The van der Waals surface area contributed by atoms with Crippen molar-refractivity contribution in [1.29, 1.82) is 0 Å². The summed E-state index contributed by atoms with van der Waals surface area (Å²) in [4.78, 5) is 0. The summed E-state index contributed by atoms with van der Waals surface area (Å²) < 4.78 is 5.94. The van der Waals surface area contributed by atoms with Gasteiger partial charge in [-0.3, -0.25) is 0 Å². The SMILES string of the molecule is CC(OCc1ccccc1C#CCN)c1ccccc1. The fourth-order valence-electron chi connectivity index (χ4n) is 1.95. The van der Waals surface area contributed by atoms with Crippen molar-refractivity contribution in [3.8, 4) is 11.8 Å². The summed E-state index contributed by atoms with van der Waals surface area (Å²) in [6, 6.07) is 18.2. The van der Waals surface area contributed by atoms with Crippen molar-refractivity contribution in [3.63, 3.8) is 0 Å². The molecule has 2 N–H and O–H groups in total. The van der Waals surface area contributed by atoms with Gasteiger partial charge in [0, 0.05) is 5.56 Å². The maximum atomic E-state index is 5.94. The fraction of sp³-hybridized carbons (Fsp3) is 0.222. The number of nitrogens with two attached hydrogens (primary N) is 1. The van der Waals surface area contributed by atoms with E-state index >= 15 is 0 Å². The summed E-state index contributed by atoms with van der Waals surface area (Å²) in [5, 5.41) is 0. The zero-order valence-corrected chi connectivity index (χ0v) is 11.7. The van der Waals surface area contributed by atoms with Gasteiger partial charge in [-0.05, 0) is 24.1 Å². The van der Waals surface area contributed by atoms with Gasteiger partial charge < -0.3 is 10.5 Å². The Morgan fingerprint density at radius 2 is 1.75 bits per heavy atom. The first-order valence-corrected chi connectivity index (χ1v) is 6.74. The molecular weight excluding hydrogens is 246 g/mol. The second-order valence-electron chi connectivity index (χ2n) is 4.53. The molecule has 0 aromatic heterocycles. The molecule has 0 fully saturated rings. The van der Waals surface area contributed by atoms with Crippen LogP contribution in [0.15, 0.2) is 54.6 Å². The Morgan fingerprint density at radius 1 is 1.05 bits per heavy atom. The van der Waals surface area contributed by atoms with Gasteiger partial charge in [0.2, 0.25) is 0 Å². The molecule has 0 amide bonds. The Hall–Kier alpha value is -2.08. The zero-order valence-electron chi connectivity index (χ0n) is 11.7. The lowest BCUT2D eigenvalue weighted by molar-refractivity contribution is 0.0524. The van der Waals surface area contributed by atoms with Crippen LogP contribution in [0.3, 0.4) is 0 Å². The minimum absolute atomic E-state index is 0.0618. The Kier molecular flexibility index (Phi) is 5.37. The molecule has 0 radical (unpaired) electrons. The molecule has 20 heavy (non-hydrogen) atoms. The fourth-order valence-corrected chi connectivity index (χ4v) is 1.95. The highest BCUT2D eigenvalue weighted by molar-refractivity contribution is 5.41. The van der Waals surface area contributed by atoms with Crippen LogP contribution in [0.2, 0.25) is 0 Å². The summed E-state index contributed by atoms with van der Waals surface area (Å²) in [7, 11) is 0. The third-order valence-corrected chi connectivity index (χ3v) is 3.10. The lowest BCUT2D eigenvalue weighted by atomic mass is 10.1. The Balaban J connectivity index is 2.04. The Bertz CT molecular complexity index is 596. The Morgan fingerprint density at radius 3 is 2.50 bits per heavy atom. The van der Waals surface area contributed by atoms with E-state index < -0.39 is 0 Å². The quantitative estimate of drug-likeness (QED) is 0.861. The molecule has 2 heteroatoms. The summed E-state index contributed by atoms with van der Waals surface area (Å²) in [5.41, 5.74) is 8.68. The molecule has 102 valence electrons. The molecule has 1 atom stereocenters. The first kappa shape index (κ1) is 14.3. The number of rotatable bonds is 4. The third-order valence-electron chi connectivity index (χ3n) is 3.10. The summed E-state index contributed by atoms with van der Waals surface area (Å²) in [6.45, 7) is 2.98. The topological polar surface area (TPSA) is 35.2 Å². The highest BCUT2D eigenvalue weighted by atomic mass is 16.5. The van der Waals surface area contributed by atoms with Crippen LogP contribution >= 0.6 is 0 Å². The summed E-state index contributed by atoms with van der Waals surface area (Å²) in [6.07, 6.45) is 0.0618. The molecule has 0 aliphatic heterocycles. The summed E-state index contributed by atoms with van der Waals surface area (Å²) >= 11 is 0. The maximum Gasteiger partial charge on any atom is 0.0801 e. The van der Waals surface area contributed by atoms with Crippen LogP contribution in [0.4, 0.5) is 0 Å². The number of ether oxygens (including phenoxy) is 1. The minimum Gasteiger partial charge on any atom is -0.369 e. The van der Waals surface area contributed by atoms with Gasteiger partial charge in [-0.1, -0.05) is 60.4 Å². The van der Waals surface area contributed by atoms with Crippen LogP contribution in [0.25, 0.3) is 0 Å². The van der Waals surface area contributed by atoms with Gasteiger partial charge >= 0.3 is 0 Å². The average molecular weight is 265 g/mol. The summed E-state index contributed by atoms with van der Waals surface area (Å²) in [5.74, 6) is 5.97. The van der Waals surface area contributed by atoms with Crippen LogP contribution in [0.5, 0.6) is 0 Å². The maximum absolute atomic E-state index is 5.94. The number of benzene rings is 2. The lowest BCUT2D eigenvalue weighted by Gasteiger charge is -2.14. The molecule has 0 aliphatic rings. The van der Waals surface area contributed by atoms with Crippen molar-refractivity contribution >= 4 is 0 Å². The predicted molar refractivity (Wildman–Crippen MR) is 82.0 cm³/mol. The second-order valence-corrected chi connectivity index (χ2v) is 4.53. The number of hydrogen-bond donors (Lipinski definition) is 1. The predicted octanol–water partition coefficient (Wildman–Crippen LogP) is 3.27. The van der Waals surface area contributed by atoms with Gasteiger partial charge in [-0.15, -0.1) is 0 Å². The van der Waals surface area contributed by atoms with Gasteiger partial charge in [-0.25, -0.2) is 0 Å². The molecule has 0 bridgehead atoms. The lowest BCUT2D eigenvalue weighted by Crippen LogP contribution is -2.02. The van der Waals surface area contributed by atoms with Gasteiger partial charge in [0.25, 0.3) is 0 Å². The normalized spacial score (nSPS) is 11.5. The van der Waals surface area contributed by atoms with E-state index in [1.165, 1.54) is 5.56 Å². The molecule has 1 unspecified atom stereocenters. The van der Waals surface area contributed by atoms with E-state index in [0.717, 1.165) is 11.1 Å². The molecule has 0 saturated carbocycles. The van der Waals surface area contributed by atoms with Crippen molar-refractivity contribution < 1.29 is 4.74 Å². The van der Waals surface area contributed by atoms with E-state index in [1.807, 2.05) is 42.5 Å². The van der Waals surface area contributed by atoms with E-state index in [-0.39, 0.29) is 6.10 Å².